The van der Waals surface area contributed by atoms with Gasteiger partial charge in [0.2, 0.25) is 0 Å². The second-order valence-corrected chi connectivity index (χ2v) is 7.15. The van der Waals surface area contributed by atoms with Gasteiger partial charge in [0.15, 0.2) is 0 Å². The second kappa shape index (κ2) is 5.49. The summed E-state index contributed by atoms with van der Waals surface area (Å²) in [6.45, 7) is 6.83. The molecule has 0 nitrogen and oxygen atoms in total. The first-order valence-corrected chi connectivity index (χ1v) is 8.56. The minimum Gasteiger partial charge on any atom is -0.0622 e. The van der Waals surface area contributed by atoms with E-state index in [1.54, 1.807) is 0 Å². The number of fused-ring (bicyclic) bond motifs is 1. The van der Waals surface area contributed by atoms with Gasteiger partial charge in [-0.1, -0.05) is 98.3 Å². The van der Waals surface area contributed by atoms with Gasteiger partial charge in [0, 0.05) is 5.41 Å². The molecule has 0 bridgehead atoms. The zero-order chi connectivity index (χ0) is 16.7. The Hall–Kier alpha value is -2.60. The highest BCUT2D eigenvalue weighted by Gasteiger charge is 2.38. The third-order valence-corrected chi connectivity index (χ3v) is 5.15. The summed E-state index contributed by atoms with van der Waals surface area (Å²) < 4.78 is 0. The molecular weight excluding hydrogens is 288 g/mol. The number of rotatable bonds is 2. The molecule has 3 aromatic rings. The Morgan fingerprint density at radius 3 is 1.96 bits per heavy atom. The largest absolute Gasteiger partial charge is 0.0622 e. The normalized spacial score (nSPS) is 15.5. The van der Waals surface area contributed by atoms with Crippen molar-refractivity contribution in [2.24, 2.45) is 0 Å². The van der Waals surface area contributed by atoms with Crippen molar-refractivity contribution in [3.8, 4) is 0 Å². The maximum Gasteiger partial charge on any atom is 0.0165 e. The lowest BCUT2D eigenvalue weighted by Gasteiger charge is -2.25. The van der Waals surface area contributed by atoms with Crippen molar-refractivity contribution >= 4 is 11.1 Å². The predicted octanol–water partition coefficient (Wildman–Crippen LogP) is 6.25. The van der Waals surface area contributed by atoms with Crippen LogP contribution in [-0.2, 0) is 5.41 Å². The molecule has 24 heavy (non-hydrogen) atoms. The Morgan fingerprint density at radius 2 is 1.25 bits per heavy atom. The Kier molecular flexibility index (Phi) is 3.42. The van der Waals surface area contributed by atoms with Crippen molar-refractivity contribution in [2.45, 2.75) is 26.2 Å². The highest BCUT2D eigenvalue weighted by atomic mass is 14.4. The topological polar surface area (TPSA) is 0 Å². The monoisotopic (exact) mass is 310 g/mol. The lowest BCUT2D eigenvalue weighted by molar-refractivity contribution is 0.704. The molecule has 1 aliphatic rings. The van der Waals surface area contributed by atoms with Crippen molar-refractivity contribution < 1.29 is 0 Å². The fraction of sp³-hybridized carbons (Fsp3) is 0.167. The molecule has 0 aromatic heterocycles. The zero-order valence-electron chi connectivity index (χ0n) is 14.5. The Balaban J connectivity index is 2.06. The third kappa shape index (κ3) is 2.22. The van der Waals surface area contributed by atoms with Crippen LogP contribution in [0.2, 0.25) is 0 Å². The molecule has 0 aliphatic heterocycles. The first kappa shape index (κ1) is 15.0. The summed E-state index contributed by atoms with van der Waals surface area (Å²) in [7, 11) is 0. The SMILES string of the molecule is Cc1ccc(C2=C(c3ccccc3)C(C)(C)c3ccccc32)cc1. The molecule has 3 aromatic carbocycles. The molecule has 0 unspecified atom stereocenters. The van der Waals surface area contributed by atoms with Gasteiger partial charge in [-0.15, -0.1) is 0 Å². The fourth-order valence-corrected chi connectivity index (χ4v) is 3.96. The number of allylic oxidation sites excluding steroid dienone is 1. The minimum absolute atomic E-state index is 0.00182. The molecule has 0 heteroatoms. The second-order valence-electron chi connectivity index (χ2n) is 7.15. The molecule has 0 amide bonds. The smallest absolute Gasteiger partial charge is 0.0165 e. The van der Waals surface area contributed by atoms with Crippen molar-refractivity contribution in [1.82, 2.24) is 0 Å². The van der Waals surface area contributed by atoms with Gasteiger partial charge in [0.25, 0.3) is 0 Å². The average Bonchev–Trinajstić information content (AvgIpc) is 2.84. The highest BCUT2D eigenvalue weighted by Crippen LogP contribution is 2.52. The summed E-state index contributed by atoms with van der Waals surface area (Å²) in [6, 6.07) is 28.6. The number of benzene rings is 3. The van der Waals surface area contributed by atoms with E-state index in [2.05, 4.69) is 99.6 Å². The molecule has 0 radical (unpaired) electrons. The van der Waals surface area contributed by atoms with Crippen LogP contribution in [0, 0.1) is 6.92 Å². The summed E-state index contributed by atoms with van der Waals surface area (Å²) >= 11 is 0. The number of aryl methyl sites for hydroxylation is 1. The summed E-state index contributed by atoms with van der Waals surface area (Å²) in [5.41, 5.74) is 9.50. The van der Waals surface area contributed by atoms with Crippen LogP contribution in [-0.4, -0.2) is 0 Å². The summed E-state index contributed by atoms with van der Waals surface area (Å²) in [5.74, 6) is 0. The Bertz CT molecular complexity index is 910. The molecule has 0 heterocycles. The van der Waals surface area contributed by atoms with Crippen molar-refractivity contribution in [2.75, 3.05) is 0 Å². The van der Waals surface area contributed by atoms with Gasteiger partial charge >= 0.3 is 0 Å². The van der Waals surface area contributed by atoms with E-state index in [9.17, 15) is 0 Å². The van der Waals surface area contributed by atoms with Crippen molar-refractivity contribution in [1.29, 1.82) is 0 Å². The zero-order valence-corrected chi connectivity index (χ0v) is 14.5. The van der Waals surface area contributed by atoms with Gasteiger partial charge in [0.1, 0.15) is 0 Å². The molecule has 0 spiro atoms. The van der Waals surface area contributed by atoms with Gasteiger partial charge in [-0.05, 0) is 40.3 Å². The van der Waals surface area contributed by atoms with E-state index < -0.39 is 0 Å². The van der Waals surface area contributed by atoms with E-state index in [1.807, 2.05) is 0 Å². The summed E-state index contributed by atoms with van der Waals surface area (Å²) in [6.07, 6.45) is 0. The van der Waals surface area contributed by atoms with Gasteiger partial charge in [0.05, 0.1) is 0 Å². The van der Waals surface area contributed by atoms with Gasteiger partial charge in [-0.2, -0.15) is 0 Å². The number of hydrogen-bond acceptors (Lipinski definition) is 0. The minimum atomic E-state index is -0.00182. The van der Waals surface area contributed by atoms with Crippen LogP contribution >= 0.6 is 0 Å². The van der Waals surface area contributed by atoms with E-state index in [0.717, 1.165) is 0 Å². The first-order chi connectivity index (χ1) is 11.6. The molecule has 4 rings (SSSR count). The van der Waals surface area contributed by atoms with E-state index in [4.69, 9.17) is 0 Å². The molecule has 0 atom stereocenters. The van der Waals surface area contributed by atoms with Crippen LogP contribution in [0.25, 0.3) is 11.1 Å². The molecule has 118 valence electrons. The molecule has 0 saturated carbocycles. The van der Waals surface area contributed by atoms with E-state index >= 15 is 0 Å². The van der Waals surface area contributed by atoms with Gasteiger partial charge < -0.3 is 0 Å². The van der Waals surface area contributed by atoms with Crippen LogP contribution < -0.4 is 0 Å². The quantitative estimate of drug-likeness (QED) is 0.525. The van der Waals surface area contributed by atoms with Crippen LogP contribution in [0.1, 0.15) is 41.7 Å². The summed E-state index contributed by atoms with van der Waals surface area (Å²) in [5, 5.41) is 0. The van der Waals surface area contributed by atoms with Crippen LogP contribution in [0.3, 0.4) is 0 Å². The maximum absolute atomic E-state index is 2.34. The van der Waals surface area contributed by atoms with E-state index in [0.29, 0.717) is 0 Å². The third-order valence-electron chi connectivity index (χ3n) is 5.15. The van der Waals surface area contributed by atoms with Crippen LogP contribution in [0.4, 0.5) is 0 Å². The van der Waals surface area contributed by atoms with Crippen molar-refractivity contribution in [3.63, 3.8) is 0 Å². The van der Waals surface area contributed by atoms with E-state index in [1.165, 1.54) is 39.0 Å². The lowest BCUT2D eigenvalue weighted by atomic mass is 9.78. The predicted molar refractivity (Wildman–Crippen MR) is 103 cm³/mol. The molecular formula is C24H22. The van der Waals surface area contributed by atoms with Gasteiger partial charge in [-0.25, -0.2) is 0 Å². The van der Waals surface area contributed by atoms with Gasteiger partial charge in [-0.3, -0.25) is 0 Å². The highest BCUT2D eigenvalue weighted by molar-refractivity contribution is 6.07. The Labute approximate surface area is 144 Å². The summed E-state index contributed by atoms with van der Waals surface area (Å²) in [4.78, 5) is 0. The van der Waals surface area contributed by atoms with Crippen LogP contribution in [0.15, 0.2) is 78.9 Å². The lowest BCUT2D eigenvalue weighted by Crippen LogP contribution is -2.16. The average molecular weight is 310 g/mol. The number of hydrogen-bond donors (Lipinski definition) is 0. The molecule has 0 N–H and O–H groups in total. The first-order valence-electron chi connectivity index (χ1n) is 8.56. The van der Waals surface area contributed by atoms with E-state index in [-0.39, 0.29) is 5.41 Å². The fourth-order valence-electron chi connectivity index (χ4n) is 3.96. The molecule has 1 aliphatic carbocycles. The standard InChI is InChI=1S/C24H22/c1-17-13-15-18(16-14-17)22-20-11-7-8-12-21(20)24(2,3)23(22)19-9-5-4-6-10-19/h4-16H,1-3H3. The molecule has 0 saturated heterocycles. The Morgan fingerprint density at radius 1 is 0.625 bits per heavy atom. The molecule has 0 fully saturated rings. The van der Waals surface area contributed by atoms with Crippen LogP contribution in [0.5, 0.6) is 0 Å². The van der Waals surface area contributed by atoms with Crippen molar-refractivity contribution in [3.05, 3.63) is 107 Å². The maximum atomic E-state index is 2.34.